The number of aryl methyl sites for hydroxylation is 1. The van der Waals surface area contributed by atoms with Gasteiger partial charge in [-0.1, -0.05) is 43.1 Å². The number of benzene rings is 1. The first-order valence-electron chi connectivity index (χ1n) is 13.2. The lowest BCUT2D eigenvalue weighted by molar-refractivity contribution is -0.926. The molecule has 0 aliphatic carbocycles. The fourth-order valence-corrected chi connectivity index (χ4v) is 5.77. The number of quaternary nitrogens is 1. The van der Waals surface area contributed by atoms with Crippen LogP contribution in [0.2, 0.25) is 5.15 Å². The minimum absolute atomic E-state index is 0.233. The number of amides is 1. The molecule has 8 nitrogen and oxygen atoms in total. The van der Waals surface area contributed by atoms with E-state index in [0.29, 0.717) is 37.0 Å². The molecule has 0 saturated carbocycles. The first-order chi connectivity index (χ1) is 18.1. The van der Waals surface area contributed by atoms with Crippen molar-refractivity contribution in [3.05, 3.63) is 65.1 Å². The van der Waals surface area contributed by atoms with Gasteiger partial charge in [-0.25, -0.2) is 9.97 Å². The van der Waals surface area contributed by atoms with Gasteiger partial charge in [0.15, 0.2) is 12.1 Å². The highest BCUT2D eigenvalue weighted by Gasteiger charge is 2.56. The molecular weight excluding hydrogens is 504 g/mol. The molecule has 3 N–H and O–H groups in total. The highest BCUT2D eigenvalue weighted by Crippen LogP contribution is 2.35. The van der Waals surface area contributed by atoms with Gasteiger partial charge >= 0.3 is 0 Å². The molecule has 204 valence electrons. The number of carbonyl (C=O) groups excluding carboxylic acids is 1. The molecule has 3 aromatic rings. The van der Waals surface area contributed by atoms with E-state index in [2.05, 4.69) is 24.0 Å². The van der Waals surface area contributed by atoms with Gasteiger partial charge in [0, 0.05) is 30.1 Å². The normalized spacial score (nSPS) is 21.9. The molecule has 9 heteroatoms. The van der Waals surface area contributed by atoms with Gasteiger partial charge in [-0.05, 0) is 48.1 Å². The fourth-order valence-electron chi connectivity index (χ4n) is 5.57. The van der Waals surface area contributed by atoms with Crippen LogP contribution in [0, 0.1) is 0 Å². The zero-order valence-electron chi connectivity index (χ0n) is 22.4. The lowest BCUT2D eigenvalue weighted by Crippen LogP contribution is -2.71. The van der Waals surface area contributed by atoms with Crippen LogP contribution in [-0.4, -0.2) is 77.1 Å². The number of hydrogen-bond acceptors (Lipinski definition) is 6. The van der Waals surface area contributed by atoms with Crippen LogP contribution in [0.4, 0.5) is 0 Å². The van der Waals surface area contributed by atoms with Crippen molar-refractivity contribution >= 4 is 28.3 Å². The monoisotopic (exact) mass is 541 g/mol. The maximum atomic E-state index is 12.5. The number of pyridine rings is 2. The van der Waals surface area contributed by atoms with Crippen molar-refractivity contribution in [1.82, 2.24) is 9.97 Å². The quantitative estimate of drug-likeness (QED) is 0.283. The van der Waals surface area contributed by atoms with E-state index in [1.54, 1.807) is 12.3 Å². The van der Waals surface area contributed by atoms with Crippen molar-refractivity contribution in [3.8, 4) is 5.88 Å². The van der Waals surface area contributed by atoms with Gasteiger partial charge in [-0.15, -0.1) is 0 Å². The molecule has 3 atom stereocenters. The number of aromatic nitrogens is 2. The third-order valence-electron chi connectivity index (χ3n) is 7.46. The van der Waals surface area contributed by atoms with Crippen LogP contribution in [0.1, 0.15) is 37.4 Å². The number of unbranched alkanes of at least 4 members (excludes halogenated alkanes) is 1. The number of aliphatic hydroxyl groups is 1. The second kappa shape index (κ2) is 11.9. The smallest absolute Gasteiger partial charge is 0.252 e. The SMILES string of the molecule is CCCCc1cc2ccccc2c(OCC[N+](C)(C)[C@H]2C(C(N)=O)OCC[C@@]2(O)Cc2ccnc(Cl)c2)n1. The highest BCUT2D eigenvalue weighted by atomic mass is 35.5. The van der Waals surface area contributed by atoms with Gasteiger partial charge in [0.05, 0.1) is 20.7 Å². The number of primary amides is 1. The Labute approximate surface area is 229 Å². The zero-order chi connectivity index (χ0) is 27.3. The lowest BCUT2D eigenvalue weighted by atomic mass is 9.78. The van der Waals surface area contributed by atoms with Gasteiger partial charge in [-0.2, -0.15) is 0 Å². The van der Waals surface area contributed by atoms with E-state index in [4.69, 9.17) is 31.8 Å². The van der Waals surface area contributed by atoms with Gasteiger partial charge in [-0.3, -0.25) is 4.79 Å². The van der Waals surface area contributed by atoms with Gasteiger partial charge in [0.2, 0.25) is 5.88 Å². The van der Waals surface area contributed by atoms with Crippen molar-refractivity contribution in [2.75, 3.05) is 33.9 Å². The summed E-state index contributed by atoms with van der Waals surface area (Å²) in [6, 6.07) is 13.1. The van der Waals surface area contributed by atoms with E-state index in [-0.39, 0.29) is 11.1 Å². The largest absolute Gasteiger partial charge is 0.471 e. The average Bonchev–Trinajstić information content (AvgIpc) is 2.86. The molecule has 3 heterocycles. The van der Waals surface area contributed by atoms with E-state index in [0.717, 1.165) is 41.3 Å². The van der Waals surface area contributed by atoms with E-state index < -0.39 is 23.7 Å². The minimum atomic E-state index is -1.25. The highest BCUT2D eigenvalue weighted by molar-refractivity contribution is 6.29. The fraction of sp³-hybridized carbons (Fsp3) is 0.483. The topological polar surface area (TPSA) is 108 Å². The Morgan fingerprint density at radius 2 is 2.08 bits per heavy atom. The summed E-state index contributed by atoms with van der Waals surface area (Å²) in [7, 11) is 3.93. The van der Waals surface area contributed by atoms with Gasteiger partial charge in [0.1, 0.15) is 23.9 Å². The molecule has 1 amide bonds. The minimum Gasteiger partial charge on any atom is -0.471 e. The van der Waals surface area contributed by atoms with Crippen molar-refractivity contribution in [2.24, 2.45) is 5.73 Å². The third-order valence-corrected chi connectivity index (χ3v) is 7.66. The maximum absolute atomic E-state index is 12.5. The second-order valence-corrected chi connectivity index (χ2v) is 11.1. The molecule has 1 aliphatic heterocycles. The predicted octanol–water partition coefficient (Wildman–Crippen LogP) is 3.70. The standard InChI is InChI=1S/C29H37ClN4O4/c1-4-5-9-22-18-21-8-6-7-10-23(21)28(33-22)38-16-14-34(2,3)26-25(27(31)35)37-15-12-29(26,36)19-20-11-13-32-24(30)17-20/h6-8,10-11,13,17-18,25-26,36H,4-5,9,12,14-16,19H2,1-3H3,(H-,31,35)/p+1/t25?,26-,29+/m0/s1. The summed E-state index contributed by atoms with van der Waals surface area (Å²) in [5.41, 5.74) is 6.36. The van der Waals surface area contributed by atoms with Crippen LogP contribution >= 0.6 is 11.6 Å². The molecule has 2 aromatic heterocycles. The lowest BCUT2D eigenvalue weighted by Gasteiger charge is -2.51. The van der Waals surface area contributed by atoms with E-state index in [1.807, 2.05) is 38.4 Å². The Balaban J connectivity index is 1.57. The molecule has 1 aliphatic rings. The summed E-state index contributed by atoms with van der Waals surface area (Å²) in [4.78, 5) is 21.3. The molecule has 1 aromatic carbocycles. The van der Waals surface area contributed by atoms with Crippen LogP contribution in [0.15, 0.2) is 48.7 Å². The summed E-state index contributed by atoms with van der Waals surface area (Å²) in [5, 5.41) is 14.4. The number of carbonyl (C=O) groups is 1. The second-order valence-electron chi connectivity index (χ2n) is 10.7. The zero-order valence-corrected chi connectivity index (χ0v) is 23.2. The molecule has 1 fully saturated rings. The molecule has 4 rings (SSSR count). The molecule has 0 spiro atoms. The number of fused-ring (bicyclic) bond motifs is 1. The van der Waals surface area contributed by atoms with E-state index >= 15 is 0 Å². The Morgan fingerprint density at radius 1 is 1.29 bits per heavy atom. The van der Waals surface area contributed by atoms with Crippen molar-refractivity contribution < 1.29 is 23.9 Å². The third kappa shape index (κ3) is 6.43. The number of likely N-dealkylation sites (N-methyl/N-ethyl adjacent to an activating group) is 1. The number of rotatable bonds is 11. The number of nitrogens with zero attached hydrogens (tertiary/aromatic N) is 3. The summed E-state index contributed by atoms with van der Waals surface area (Å²) in [5.74, 6) is 0.00604. The van der Waals surface area contributed by atoms with Crippen LogP contribution in [0.5, 0.6) is 5.88 Å². The number of ether oxygens (including phenoxy) is 2. The molecule has 0 bridgehead atoms. The Morgan fingerprint density at radius 3 is 2.82 bits per heavy atom. The first kappa shape index (κ1) is 28.2. The van der Waals surface area contributed by atoms with Crippen LogP contribution in [0.25, 0.3) is 10.8 Å². The number of nitrogens with two attached hydrogens (primary N) is 1. The maximum Gasteiger partial charge on any atom is 0.252 e. The molecule has 38 heavy (non-hydrogen) atoms. The number of halogens is 1. The molecule has 0 radical (unpaired) electrons. The average molecular weight is 542 g/mol. The summed E-state index contributed by atoms with van der Waals surface area (Å²) >= 11 is 6.10. The summed E-state index contributed by atoms with van der Waals surface area (Å²) in [6.45, 7) is 3.22. The predicted molar refractivity (Wildman–Crippen MR) is 148 cm³/mol. The Kier molecular flexibility index (Phi) is 8.88. The van der Waals surface area contributed by atoms with Crippen molar-refractivity contribution in [3.63, 3.8) is 0 Å². The van der Waals surface area contributed by atoms with Crippen molar-refractivity contribution in [2.45, 2.75) is 56.8 Å². The Hall–Kier alpha value is -2.78. The summed E-state index contributed by atoms with van der Waals surface area (Å²) in [6.07, 6.45) is 4.36. The summed E-state index contributed by atoms with van der Waals surface area (Å²) < 4.78 is 12.4. The van der Waals surface area contributed by atoms with E-state index in [1.165, 1.54) is 0 Å². The first-order valence-corrected chi connectivity index (χ1v) is 13.6. The number of hydrogen-bond donors (Lipinski definition) is 2. The van der Waals surface area contributed by atoms with Gasteiger partial charge in [0.25, 0.3) is 5.91 Å². The van der Waals surface area contributed by atoms with Crippen LogP contribution in [-0.2, 0) is 22.4 Å². The van der Waals surface area contributed by atoms with Crippen molar-refractivity contribution in [1.29, 1.82) is 0 Å². The molecule has 1 unspecified atom stereocenters. The van der Waals surface area contributed by atoms with Crippen LogP contribution < -0.4 is 10.5 Å². The molecule has 1 saturated heterocycles. The van der Waals surface area contributed by atoms with Gasteiger partial charge < -0.3 is 24.8 Å². The van der Waals surface area contributed by atoms with E-state index in [9.17, 15) is 9.90 Å². The Bertz CT molecular complexity index is 1270. The molecular formula is C29H38ClN4O4+. The van der Waals surface area contributed by atoms with Crippen LogP contribution in [0.3, 0.4) is 0 Å².